The molecule has 0 fully saturated rings. The quantitative estimate of drug-likeness (QED) is 0.765. The summed E-state index contributed by atoms with van der Waals surface area (Å²) in [6.45, 7) is 7.28. The van der Waals surface area contributed by atoms with E-state index in [0.29, 0.717) is 5.69 Å². The van der Waals surface area contributed by atoms with Gasteiger partial charge in [-0.1, -0.05) is 0 Å². The minimum atomic E-state index is -0.615. The van der Waals surface area contributed by atoms with Gasteiger partial charge in [0.15, 0.2) is 6.61 Å². The standard InChI is InChI=1S/C18H23N3O4/c1-12(2)21(13(3)4)17(23)11-25-18(24)14-5-7-15(8-6-14)20-16(22)9-10-19/h5-8,12-13H,9,11H2,1-4H3,(H,20,22). The van der Waals surface area contributed by atoms with Crippen LogP contribution in [0.4, 0.5) is 5.69 Å². The van der Waals surface area contributed by atoms with Gasteiger partial charge >= 0.3 is 5.97 Å². The van der Waals surface area contributed by atoms with E-state index in [0.717, 1.165) is 0 Å². The van der Waals surface area contributed by atoms with Crippen LogP contribution in [0.5, 0.6) is 0 Å². The third kappa shape index (κ3) is 6.26. The molecule has 0 bridgehead atoms. The van der Waals surface area contributed by atoms with Crippen LogP contribution in [0.1, 0.15) is 44.5 Å². The van der Waals surface area contributed by atoms with Crippen LogP contribution in [0.3, 0.4) is 0 Å². The predicted molar refractivity (Wildman–Crippen MR) is 92.7 cm³/mol. The molecule has 25 heavy (non-hydrogen) atoms. The summed E-state index contributed by atoms with van der Waals surface area (Å²) in [5.41, 5.74) is 0.741. The molecule has 0 atom stereocenters. The first-order chi connectivity index (χ1) is 11.8. The minimum Gasteiger partial charge on any atom is -0.452 e. The van der Waals surface area contributed by atoms with Crippen LogP contribution in [0.15, 0.2) is 24.3 Å². The molecule has 7 nitrogen and oxygen atoms in total. The Labute approximate surface area is 147 Å². The van der Waals surface area contributed by atoms with Crippen LogP contribution < -0.4 is 5.32 Å². The molecular weight excluding hydrogens is 322 g/mol. The SMILES string of the molecule is CC(C)N(C(=O)COC(=O)c1ccc(NC(=O)CC#N)cc1)C(C)C. The molecule has 0 heterocycles. The van der Waals surface area contributed by atoms with Crippen molar-refractivity contribution in [3.05, 3.63) is 29.8 Å². The summed E-state index contributed by atoms with van der Waals surface area (Å²) in [5, 5.41) is 11.0. The molecule has 0 aliphatic rings. The largest absolute Gasteiger partial charge is 0.452 e. The molecule has 1 N–H and O–H groups in total. The highest BCUT2D eigenvalue weighted by Crippen LogP contribution is 2.12. The topological polar surface area (TPSA) is 99.5 Å². The Bertz CT molecular complexity index is 652. The van der Waals surface area contributed by atoms with Crippen molar-refractivity contribution in [2.24, 2.45) is 0 Å². The molecule has 0 saturated heterocycles. The zero-order valence-electron chi connectivity index (χ0n) is 14.9. The van der Waals surface area contributed by atoms with Crippen LogP contribution in [0, 0.1) is 11.3 Å². The molecule has 0 saturated carbocycles. The second-order valence-electron chi connectivity index (χ2n) is 6.03. The number of carbonyl (C=O) groups is 3. The zero-order valence-corrected chi connectivity index (χ0v) is 14.9. The molecular formula is C18H23N3O4. The number of nitrogens with zero attached hydrogens (tertiary/aromatic N) is 2. The number of anilines is 1. The second-order valence-corrected chi connectivity index (χ2v) is 6.03. The Morgan fingerprint density at radius 3 is 2.16 bits per heavy atom. The number of ether oxygens (including phenoxy) is 1. The fraction of sp³-hybridized carbons (Fsp3) is 0.444. The summed E-state index contributed by atoms with van der Waals surface area (Å²) in [5.74, 6) is -1.29. The number of hydrogen-bond acceptors (Lipinski definition) is 5. The molecule has 134 valence electrons. The Hall–Kier alpha value is -2.88. The van der Waals surface area contributed by atoms with E-state index in [1.165, 1.54) is 24.3 Å². The maximum absolute atomic E-state index is 12.2. The third-order valence-corrected chi connectivity index (χ3v) is 3.37. The lowest BCUT2D eigenvalue weighted by Gasteiger charge is -2.30. The van der Waals surface area contributed by atoms with Gasteiger partial charge in [0, 0.05) is 17.8 Å². The molecule has 1 aromatic carbocycles. The van der Waals surface area contributed by atoms with E-state index in [1.54, 1.807) is 11.0 Å². The van der Waals surface area contributed by atoms with Gasteiger partial charge in [-0.05, 0) is 52.0 Å². The van der Waals surface area contributed by atoms with Crippen molar-refractivity contribution in [2.45, 2.75) is 46.2 Å². The van der Waals surface area contributed by atoms with Crippen LogP contribution in [0.2, 0.25) is 0 Å². The number of rotatable bonds is 7. The van der Waals surface area contributed by atoms with Gasteiger partial charge in [-0.25, -0.2) is 4.79 Å². The zero-order chi connectivity index (χ0) is 19.0. The van der Waals surface area contributed by atoms with Gasteiger partial charge in [0.2, 0.25) is 5.91 Å². The normalized spacial score (nSPS) is 10.3. The molecule has 0 aliphatic heterocycles. The molecule has 2 amide bonds. The van der Waals surface area contributed by atoms with E-state index >= 15 is 0 Å². The average Bonchev–Trinajstić information content (AvgIpc) is 2.52. The first-order valence-electron chi connectivity index (χ1n) is 8.01. The number of nitriles is 1. The van der Waals surface area contributed by atoms with Crippen LogP contribution in [-0.4, -0.2) is 41.4 Å². The summed E-state index contributed by atoms with van der Waals surface area (Å²) in [6.07, 6.45) is -0.242. The van der Waals surface area contributed by atoms with Crippen molar-refractivity contribution in [3.8, 4) is 6.07 Å². The van der Waals surface area contributed by atoms with Crippen molar-refractivity contribution in [1.82, 2.24) is 4.90 Å². The highest BCUT2D eigenvalue weighted by atomic mass is 16.5. The van der Waals surface area contributed by atoms with Crippen molar-refractivity contribution >= 4 is 23.5 Å². The molecule has 0 spiro atoms. The highest BCUT2D eigenvalue weighted by Gasteiger charge is 2.21. The minimum absolute atomic E-state index is 0.0162. The smallest absolute Gasteiger partial charge is 0.338 e. The Balaban J connectivity index is 2.62. The first kappa shape index (κ1) is 20.2. The van der Waals surface area contributed by atoms with E-state index in [9.17, 15) is 14.4 Å². The van der Waals surface area contributed by atoms with Crippen molar-refractivity contribution in [2.75, 3.05) is 11.9 Å². The molecule has 7 heteroatoms. The second kappa shape index (κ2) is 9.42. The van der Waals surface area contributed by atoms with E-state index in [4.69, 9.17) is 10.00 Å². The lowest BCUT2D eigenvalue weighted by atomic mass is 10.2. The van der Waals surface area contributed by atoms with Crippen LogP contribution >= 0.6 is 0 Å². The average molecular weight is 345 g/mol. The summed E-state index contributed by atoms with van der Waals surface area (Å²) in [6, 6.07) is 7.81. The van der Waals surface area contributed by atoms with Gasteiger partial charge in [0.1, 0.15) is 6.42 Å². The fourth-order valence-electron chi connectivity index (χ4n) is 2.42. The Kier molecular flexibility index (Phi) is 7.60. The number of esters is 1. The Morgan fingerprint density at radius 2 is 1.68 bits per heavy atom. The number of amides is 2. The lowest BCUT2D eigenvalue weighted by Crippen LogP contribution is -2.44. The molecule has 0 unspecified atom stereocenters. The summed E-state index contributed by atoms with van der Waals surface area (Å²) < 4.78 is 5.07. The summed E-state index contributed by atoms with van der Waals surface area (Å²) in [7, 11) is 0. The highest BCUT2D eigenvalue weighted by molar-refractivity contribution is 5.94. The van der Waals surface area contributed by atoms with Gasteiger partial charge in [0.05, 0.1) is 11.6 Å². The Morgan fingerprint density at radius 1 is 1.12 bits per heavy atom. The van der Waals surface area contributed by atoms with Gasteiger partial charge in [-0.2, -0.15) is 5.26 Å². The molecule has 0 radical (unpaired) electrons. The maximum atomic E-state index is 12.2. The fourth-order valence-corrected chi connectivity index (χ4v) is 2.42. The summed E-state index contributed by atoms with van der Waals surface area (Å²) >= 11 is 0. The molecule has 0 aromatic heterocycles. The number of nitrogens with one attached hydrogen (secondary N) is 1. The van der Waals surface area contributed by atoms with Crippen LogP contribution in [0.25, 0.3) is 0 Å². The van der Waals surface area contributed by atoms with E-state index in [2.05, 4.69) is 5.32 Å². The van der Waals surface area contributed by atoms with Gasteiger partial charge < -0.3 is 15.0 Å². The monoisotopic (exact) mass is 345 g/mol. The third-order valence-electron chi connectivity index (χ3n) is 3.37. The van der Waals surface area contributed by atoms with E-state index < -0.39 is 11.9 Å². The van der Waals surface area contributed by atoms with Gasteiger partial charge in [-0.3, -0.25) is 9.59 Å². The molecule has 0 aliphatic carbocycles. The van der Waals surface area contributed by atoms with Gasteiger partial charge in [-0.15, -0.1) is 0 Å². The van der Waals surface area contributed by atoms with Gasteiger partial charge in [0.25, 0.3) is 5.91 Å². The lowest BCUT2D eigenvalue weighted by molar-refractivity contribution is -0.138. The molecule has 1 rings (SSSR count). The van der Waals surface area contributed by atoms with E-state index in [-0.39, 0.29) is 36.6 Å². The predicted octanol–water partition coefficient (Wildman–Crippen LogP) is 2.34. The van der Waals surface area contributed by atoms with Crippen LogP contribution in [-0.2, 0) is 14.3 Å². The molecule has 1 aromatic rings. The first-order valence-corrected chi connectivity index (χ1v) is 8.01. The van der Waals surface area contributed by atoms with Crippen molar-refractivity contribution < 1.29 is 19.1 Å². The number of benzene rings is 1. The van der Waals surface area contributed by atoms with Crippen molar-refractivity contribution in [3.63, 3.8) is 0 Å². The van der Waals surface area contributed by atoms with E-state index in [1.807, 2.05) is 27.7 Å². The van der Waals surface area contributed by atoms with Crippen molar-refractivity contribution in [1.29, 1.82) is 5.26 Å². The summed E-state index contributed by atoms with van der Waals surface area (Å²) in [4.78, 5) is 37.2. The number of hydrogen-bond donors (Lipinski definition) is 1. The maximum Gasteiger partial charge on any atom is 0.338 e. The number of carbonyl (C=O) groups excluding carboxylic acids is 3.